The van der Waals surface area contributed by atoms with E-state index in [1.165, 1.54) is 4.90 Å². The van der Waals surface area contributed by atoms with Crippen LogP contribution in [0.25, 0.3) is 27.4 Å². The number of fused-ring (bicyclic) bond motifs is 2. The van der Waals surface area contributed by atoms with Crippen LogP contribution in [-0.4, -0.2) is 109 Å². The maximum absolute atomic E-state index is 13.6. The van der Waals surface area contributed by atoms with Gasteiger partial charge in [0.15, 0.2) is 5.01 Å². The minimum atomic E-state index is -0.678. The summed E-state index contributed by atoms with van der Waals surface area (Å²) < 4.78 is 1.91. The van der Waals surface area contributed by atoms with Gasteiger partial charge in [-0.25, -0.2) is 9.97 Å². The van der Waals surface area contributed by atoms with Crippen molar-refractivity contribution in [2.75, 3.05) is 39.0 Å². The number of carbonyl (C=O) groups is 4. The van der Waals surface area contributed by atoms with E-state index in [1.54, 1.807) is 35.7 Å². The first kappa shape index (κ1) is 38.5. The maximum Gasteiger partial charge on any atom is 0.255 e. The summed E-state index contributed by atoms with van der Waals surface area (Å²) >= 11 is 1.64. The molecule has 9 rings (SSSR count). The fourth-order valence-electron chi connectivity index (χ4n) is 9.26. The molecule has 2 N–H and O–H groups in total. The van der Waals surface area contributed by atoms with Crippen molar-refractivity contribution in [1.29, 1.82) is 5.26 Å². The lowest BCUT2D eigenvalue weighted by atomic mass is 9.85. The number of hydrogen-bond donors (Lipinski definition) is 2. The lowest BCUT2D eigenvalue weighted by Crippen LogP contribution is -2.52. The van der Waals surface area contributed by atoms with Gasteiger partial charge in [0.25, 0.3) is 11.8 Å². The molecule has 7 heterocycles. The highest BCUT2D eigenvalue weighted by Gasteiger charge is 2.39. The summed E-state index contributed by atoms with van der Waals surface area (Å²) in [5, 5.41) is 26.9. The summed E-state index contributed by atoms with van der Waals surface area (Å²) in [7, 11) is 4.13. The van der Waals surface area contributed by atoms with Crippen LogP contribution in [0, 0.1) is 17.2 Å². The Bertz CT molecular complexity index is 2510. The Morgan fingerprint density at radius 3 is 2.56 bits per heavy atom. The van der Waals surface area contributed by atoms with Crippen LogP contribution in [0.15, 0.2) is 55.0 Å². The van der Waals surface area contributed by atoms with Crippen LogP contribution in [0.5, 0.6) is 0 Å². The standard InChI is InChI=1S/C43H45N11O4S/c1-45-34-19-36(53-16-13-28-17-26(20-44)21-47-38(28)53)46-22-33(34)41-50-49-40(59-41)27-3-6-31(7-4-27)51(2)23-25-11-14-52(15-12-25)42(57)29-5-8-32-30(18-29)24-54(43(32)58)35-9-10-37(55)48-39(35)56/h5,8,13,16-19,21-22,25,27,31,35H,3-4,6-7,9-12,14-15,23-24H2,1-2H3,(H,45,46)(H,48,55,56)/t27-,31-,35?. The van der Waals surface area contributed by atoms with Gasteiger partial charge in [-0.15, -0.1) is 10.2 Å². The molecule has 2 saturated heterocycles. The van der Waals surface area contributed by atoms with Gasteiger partial charge in [0.2, 0.25) is 11.8 Å². The monoisotopic (exact) mass is 811 g/mol. The molecule has 4 aromatic heterocycles. The van der Waals surface area contributed by atoms with E-state index >= 15 is 0 Å². The fraction of sp³-hybridized carbons (Fsp3) is 0.419. The highest BCUT2D eigenvalue weighted by molar-refractivity contribution is 7.14. The van der Waals surface area contributed by atoms with Crippen LogP contribution >= 0.6 is 11.3 Å². The Morgan fingerprint density at radius 1 is 0.983 bits per heavy atom. The third kappa shape index (κ3) is 7.44. The van der Waals surface area contributed by atoms with E-state index in [9.17, 15) is 24.4 Å². The van der Waals surface area contributed by atoms with Crippen LogP contribution in [0.4, 0.5) is 5.69 Å². The third-order valence-electron chi connectivity index (χ3n) is 12.6. The Hall–Kier alpha value is -6.05. The van der Waals surface area contributed by atoms with Crippen molar-refractivity contribution in [2.24, 2.45) is 5.92 Å². The molecule has 302 valence electrons. The van der Waals surface area contributed by atoms with Gasteiger partial charge in [0.05, 0.1) is 11.1 Å². The van der Waals surface area contributed by atoms with Crippen LogP contribution in [0.1, 0.15) is 94.1 Å². The molecule has 1 aromatic carbocycles. The van der Waals surface area contributed by atoms with E-state index in [2.05, 4.69) is 43.8 Å². The van der Waals surface area contributed by atoms with Crippen molar-refractivity contribution in [3.8, 4) is 22.5 Å². The molecule has 0 spiro atoms. The molecule has 1 unspecified atom stereocenters. The molecule has 4 amide bonds. The van der Waals surface area contributed by atoms with E-state index in [-0.39, 0.29) is 30.7 Å². The summed E-state index contributed by atoms with van der Waals surface area (Å²) in [5.74, 6) is 0.581. The van der Waals surface area contributed by atoms with Crippen molar-refractivity contribution in [3.05, 3.63) is 82.3 Å². The topological polar surface area (TPSA) is 182 Å². The van der Waals surface area contributed by atoms with Crippen LogP contribution in [0.3, 0.4) is 0 Å². The number of anilines is 1. The minimum Gasteiger partial charge on any atom is -0.387 e. The molecular formula is C43H45N11O4S. The fourth-order valence-corrected chi connectivity index (χ4v) is 10.3. The molecule has 5 aromatic rings. The van der Waals surface area contributed by atoms with Gasteiger partial charge in [-0.2, -0.15) is 5.26 Å². The number of amides is 4. The van der Waals surface area contributed by atoms with Gasteiger partial charge in [-0.05, 0) is 93.8 Å². The van der Waals surface area contributed by atoms with Gasteiger partial charge in [-0.3, -0.25) is 29.1 Å². The molecule has 0 bridgehead atoms. The molecule has 1 atom stereocenters. The Kier molecular flexibility index (Phi) is 10.4. The summed E-state index contributed by atoms with van der Waals surface area (Å²) in [5.41, 5.74) is 4.87. The quantitative estimate of drug-likeness (QED) is 0.189. The zero-order chi connectivity index (χ0) is 40.8. The highest BCUT2D eigenvalue weighted by atomic mass is 32.1. The summed E-state index contributed by atoms with van der Waals surface area (Å²) in [6.07, 6.45) is 12.0. The predicted octanol–water partition coefficient (Wildman–Crippen LogP) is 5.12. The molecule has 3 fully saturated rings. The second-order valence-corrected chi connectivity index (χ2v) is 17.2. The number of nitrogens with zero attached hydrogens (tertiary/aromatic N) is 9. The summed E-state index contributed by atoms with van der Waals surface area (Å²) in [4.78, 5) is 66.0. The zero-order valence-corrected chi connectivity index (χ0v) is 33.9. The van der Waals surface area contributed by atoms with E-state index in [1.807, 2.05) is 47.1 Å². The Balaban J connectivity index is 0.756. The molecule has 15 nitrogen and oxygen atoms in total. The van der Waals surface area contributed by atoms with Gasteiger partial charge in [-0.1, -0.05) is 11.3 Å². The third-order valence-corrected chi connectivity index (χ3v) is 13.7. The number of pyridine rings is 2. The average Bonchev–Trinajstić information content (AvgIpc) is 4.01. The minimum absolute atomic E-state index is 0.0278. The number of nitriles is 1. The Labute approximate surface area is 345 Å². The first-order chi connectivity index (χ1) is 28.7. The smallest absolute Gasteiger partial charge is 0.255 e. The van der Waals surface area contributed by atoms with Crippen molar-refractivity contribution >= 4 is 51.7 Å². The van der Waals surface area contributed by atoms with Gasteiger partial charge < -0.3 is 20.0 Å². The molecular weight excluding hydrogens is 767 g/mol. The molecule has 1 saturated carbocycles. The maximum atomic E-state index is 13.6. The van der Waals surface area contributed by atoms with E-state index in [4.69, 9.17) is 4.98 Å². The van der Waals surface area contributed by atoms with E-state index in [0.717, 1.165) is 82.9 Å². The van der Waals surface area contributed by atoms with Crippen molar-refractivity contribution in [3.63, 3.8) is 0 Å². The van der Waals surface area contributed by atoms with Crippen molar-refractivity contribution in [1.82, 2.24) is 44.7 Å². The van der Waals surface area contributed by atoms with Crippen molar-refractivity contribution < 1.29 is 19.2 Å². The molecule has 0 radical (unpaired) electrons. The first-order valence-electron chi connectivity index (χ1n) is 20.3. The molecule has 3 aliphatic heterocycles. The van der Waals surface area contributed by atoms with Gasteiger partial charge in [0.1, 0.15) is 28.6 Å². The van der Waals surface area contributed by atoms with Crippen LogP contribution in [-0.2, 0) is 16.1 Å². The summed E-state index contributed by atoms with van der Waals surface area (Å²) in [6, 6.07) is 12.9. The molecule has 59 heavy (non-hydrogen) atoms. The number of aromatic nitrogens is 5. The van der Waals surface area contributed by atoms with E-state index < -0.39 is 11.9 Å². The van der Waals surface area contributed by atoms with Crippen LogP contribution in [0.2, 0.25) is 0 Å². The zero-order valence-electron chi connectivity index (χ0n) is 33.1. The lowest BCUT2D eigenvalue weighted by molar-refractivity contribution is -0.136. The van der Waals surface area contributed by atoms with Crippen molar-refractivity contribution in [2.45, 2.75) is 75.9 Å². The van der Waals surface area contributed by atoms with Gasteiger partial charge in [0, 0.05) is 98.5 Å². The largest absolute Gasteiger partial charge is 0.387 e. The number of piperidine rings is 2. The normalized spacial score (nSPS) is 21.2. The SMILES string of the molecule is CNc1cc(-n2ccc3cc(C#N)cnc32)ncc1-c1nnc([C@H]2CC[C@H](N(C)CC3CCN(C(=O)c4ccc5c(c4)CN(C4CCC(=O)NC4=O)C5=O)CC3)CC2)s1. The predicted molar refractivity (Wildman–Crippen MR) is 221 cm³/mol. The first-order valence-corrected chi connectivity index (χ1v) is 21.1. The summed E-state index contributed by atoms with van der Waals surface area (Å²) in [6.45, 7) is 2.65. The highest BCUT2D eigenvalue weighted by Crippen LogP contribution is 2.40. The van der Waals surface area contributed by atoms with Crippen LogP contribution < -0.4 is 10.6 Å². The number of benzene rings is 1. The Morgan fingerprint density at radius 2 is 1.80 bits per heavy atom. The lowest BCUT2D eigenvalue weighted by Gasteiger charge is -2.38. The molecule has 4 aliphatic rings. The number of carbonyl (C=O) groups excluding carboxylic acids is 4. The number of likely N-dealkylation sites (tertiary alicyclic amines) is 1. The second-order valence-electron chi connectivity index (χ2n) is 16.2. The second kappa shape index (κ2) is 16.0. The number of rotatable bonds is 9. The molecule has 1 aliphatic carbocycles. The number of nitrogens with one attached hydrogen (secondary N) is 2. The number of imide groups is 1. The van der Waals surface area contributed by atoms with Gasteiger partial charge >= 0.3 is 0 Å². The number of hydrogen-bond acceptors (Lipinski definition) is 12. The van der Waals surface area contributed by atoms with E-state index in [0.29, 0.717) is 59.9 Å². The molecule has 16 heteroatoms. The average molecular weight is 812 g/mol.